The van der Waals surface area contributed by atoms with E-state index >= 15 is 0 Å². The van der Waals surface area contributed by atoms with Crippen LogP contribution in [0, 0.1) is 0 Å². The molecular weight excluding hydrogens is 717 g/mol. The smallest absolute Gasteiger partial charge is 0.166 e. The van der Waals surface area contributed by atoms with Crippen LogP contribution >= 0.6 is 0 Å². The Balaban J connectivity index is 1.18. The van der Waals surface area contributed by atoms with Crippen molar-refractivity contribution in [1.29, 1.82) is 0 Å². The molecule has 0 atom stereocenters. The molecular formula is C55H36N4. The SMILES string of the molecule is c1ccc(-c2ccc(-c3nc(-c4cc(-c5ccccc5)c5ccccc5c4)nc(-c4ccc(-c5ccccc5)cc4-n4c5ccccc5c5ccccc54)n3)cc2)cc1. The predicted octanol–water partition coefficient (Wildman–Crippen LogP) is 14.1. The Labute approximate surface area is 342 Å². The van der Waals surface area contributed by atoms with Gasteiger partial charge in [0.15, 0.2) is 17.5 Å². The molecule has 11 rings (SSSR count). The molecule has 11 aromatic rings. The molecule has 0 N–H and O–H groups in total. The Morgan fingerprint density at radius 2 is 0.729 bits per heavy atom. The van der Waals surface area contributed by atoms with Gasteiger partial charge in [0.25, 0.3) is 0 Å². The third-order valence-corrected chi connectivity index (χ3v) is 11.3. The highest BCUT2D eigenvalue weighted by molar-refractivity contribution is 6.10. The van der Waals surface area contributed by atoms with E-state index in [0.29, 0.717) is 17.5 Å². The minimum absolute atomic E-state index is 0.600. The van der Waals surface area contributed by atoms with Crippen LogP contribution in [-0.2, 0) is 0 Å². The number of hydrogen-bond acceptors (Lipinski definition) is 3. The fraction of sp³-hybridized carbons (Fsp3) is 0. The first-order valence-corrected chi connectivity index (χ1v) is 19.9. The second-order valence-corrected chi connectivity index (χ2v) is 14.8. The molecule has 0 unspecified atom stereocenters. The Bertz CT molecular complexity index is 3250. The van der Waals surface area contributed by atoms with Crippen LogP contribution in [0.15, 0.2) is 218 Å². The highest BCUT2D eigenvalue weighted by Crippen LogP contribution is 2.39. The number of aromatic nitrogens is 4. The highest BCUT2D eigenvalue weighted by atomic mass is 15.1. The second-order valence-electron chi connectivity index (χ2n) is 14.8. The van der Waals surface area contributed by atoms with Gasteiger partial charge in [-0.3, -0.25) is 0 Å². The lowest BCUT2D eigenvalue weighted by Gasteiger charge is -2.17. The zero-order valence-electron chi connectivity index (χ0n) is 32.1. The molecule has 9 aromatic carbocycles. The minimum Gasteiger partial charge on any atom is -0.308 e. The van der Waals surface area contributed by atoms with Crippen molar-refractivity contribution in [2.75, 3.05) is 0 Å². The summed E-state index contributed by atoms with van der Waals surface area (Å²) in [6.45, 7) is 0. The molecule has 0 bridgehead atoms. The molecule has 0 spiro atoms. The average molecular weight is 753 g/mol. The van der Waals surface area contributed by atoms with Gasteiger partial charge in [-0.15, -0.1) is 0 Å². The summed E-state index contributed by atoms with van der Waals surface area (Å²) in [7, 11) is 0. The van der Waals surface area contributed by atoms with Gasteiger partial charge in [-0.2, -0.15) is 0 Å². The van der Waals surface area contributed by atoms with Crippen LogP contribution in [0.2, 0.25) is 0 Å². The predicted molar refractivity (Wildman–Crippen MR) is 244 cm³/mol. The number of benzene rings is 9. The molecule has 4 heteroatoms. The molecule has 0 amide bonds. The molecule has 2 aromatic heterocycles. The lowest BCUT2D eigenvalue weighted by molar-refractivity contribution is 1.07. The first-order chi connectivity index (χ1) is 29.2. The first-order valence-electron chi connectivity index (χ1n) is 19.9. The maximum Gasteiger partial charge on any atom is 0.166 e. The lowest BCUT2D eigenvalue weighted by Crippen LogP contribution is -2.04. The van der Waals surface area contributed by atoms with Gasteiger partial charge >= 0.3 is 0 Å². The van der Waals surface area contributed by atoms with Crippen LogP contribution in [0.5, 0.6) is 0 Å². The molecule has 0 aliphatic rings. The summed E-state index contributed by atoms with van der Waals surface area (Å²) in [5, 5.41) is 4.69. The number of fused-ring (bicyclic) bond motifs is 4. The van der Waals surface area contributed by atoms with Crippen LogP contribution in [0.3, 0.4) is 0 Å². The van der Waals surface area contributed by atoms with Gasteiger partial charge in [0.2, 0.25) is 0 Å². The summed E-state index contributed by atoms with van der Waals surface area (Å²) in [6.07, 6.45) is 0. The Morgan fingerprint density at radius 3 is 1.37 bits per heavy atom. The number of rotatable bonds is 7. The van der Waals surface area contributed by atoms with Crippen molar-refractivity contribution in [2.24, 2.45) is 0 Å². The maximum atomic E-state index is 5.40. The van der Waals surface area contributed by atoms with E-state index in [-0.39, 0.29) is 0 Å². The van der Waals surface area contributed by atoms with Crippen LogP contribution in [0.25, 0.3) is 106 Å². The maximum absolute atomic E-state index is 5.40. The Hall–Kier alpha value is -7.95. The third-order valence-electron chi connectivity index (χ3n) is 11.3. The molecule has 0 saturated carbocycles. The van der Waals surface area contributed by atoms with Crippen molar-refractivity contribution in [2.45, 2.75) is 0 Å². The van der Waals surface area contributed by atoms with Crippen molar-refractivity contribution in [3.63, 3.8) is 0 Å². The molecule has 0 aliphatic heterocycles. The van der Waals surface area contributed by atoms with Gasteiger partial charge < -0.3 is 4.57 Å². The molecule has 2 heterocycles. The first kappa shape index (κ1) is 34.3. The molecule has 0 saturated heterocycles. The summed E-state index contributed by atoms with van der Waals surface area (Å²) < 4.78 is 2.37. The zero-order chi connectivity index (χ0) is 39.1. The van der Waals surface area contributed by atoms with Crippen LogP contribution in [0.4, 0.5) is 0 Å². The quantitative estimate of drug-likeness (QED) is 0.163. The average Bonchev–Trinajstić information content (AvgIpc) is 3.66. The van der Waals surface area contributed by atoms with Crippen molar-refractivity contribution >= 4 is 32.6 Å². The summed E-state index contributed by atoms with van der Waals surface area (Å²) >= 11 is 0. The summed E-state index contributed by atoms with van der Waals surface area (Å²) in [4.78, 5) is 16.0. The fourth-order valence-corrected chi connectivity index (χ4v) is 8.39. The van der Waals surface area contributed by atoms with E-state index in [2.05, 4.69) is 217 Å². The standard InChI is InChI=1S/C55H36N4/c1-4-16-37(17-5-1)39-28-30-41(31-29-39)53-56-54(44-34-43-22-10-11-23-45(43)49(35-44)40-20-8-3-9-21-40)58-55(57-53)48-33-32-42(38-18-6-2-7-19-38)36-52(48)59-50-26-14-12-24-46(50)47-25-13-15-27-51(47)59/h1-36H. The van der Waals surface area contributed by atoms with Gasteiger partial charge in [-0.1, -0.05) is 182 Å². The monoisotopic (exact) mass is 752 g/mol. The van der Waals surface area contributed by atoms with E-state index in [9.17, 15) is 0 Å². The van der Waals surface area contributed by atoms with E-state index in [1.807, 2.05) is 6.07 Å². The minimum atomic E-state index is 0.600. The Kier molecular flexibility index (Phi) is 8.45. The van der Waals surface area contributed by atoms with Crippen molar-refractivity contribution in [3.05, 3.63) is 218 Å². The van der Waals surface area contributed by atoms with E-state index in [0.717, 1.165) is 72.2 Å². The third kappa shape index (κ3) is 6.24. The lowest BCUT2D eigenvalue weighted by atomic mass is 9.95. The van der Waals surface area contributed by atoms with Gasteiger partial charge in [0.05, 0.1) is 16.7 Å². The fourth-order valence-electron chi connectivity index (χ4n) is 8.39. The van der Waals surface area contributed by atoms with E-state index in [1.54, 1.807) is 0 Å². The van der Waals surface area contributed by atoms with E-state index < -0.39 is 0 Å². The van der Waals surface area contributed by atoms with Crippen molar-refractivity contribution < 1.29 is 0 Å². The number of nitrogens with zero attached hydrogens (tertiary/aromatic N) is 4. The molecule has 0 fully saturated rings. The Morgan fingerprint density at radius 1 is 0.271 bits per heavy atom. The van der Waals surface area contributed by atoms with Gasteiger partial charge in [0.1, 0.15) is 0 Å². The topological polar surface area (TPSA) is 43.6 Å². The molecule has 276 valence electrons. The van der Waals surface area contributed by atoms with Crippen LogP contribution < -0.4 is 0 Å². The van der Waals surface area contributed by atoms with E-state index in [1.165, 1.54) is 16.2 Å². The van der Waals surface area contributed by atoms with Gasteiger partial charge in [0, 0.05) is 27.5 Å². The van der Waals surface area contributed by atoms with Gasteiger partial charge in [-0.05, 0) is 80.6 Å². The van der Waals surface area contributed by atoms with Crippen LogP contribution in [0.1, 0.15) is 0 Å². The summed E-state index contributed by atoms with van der Waals surface area (Å²) in [5.41, 5.74) is 12.8. The van der Waals surface area contributed by atoms with Crippen LogP contribution in [-0.4, -0.2) is 19.5 Å². The van der Waals surface area contributed by atoms with Gasteiger partial charge in [-0.25, -0.2) is 15.0 Å². The summed E-state index contributed by atoms with van der Waals surface area (Å²) in [5.74, 6) is 1.82. The largest absolute Gasteiger partial charge is 0.308 e. The normalized spacial score (nSPS) is 11.4. The molecule has 0 aliphatic carbocycles. The zero-order valence-corrected chi connectivity index (χ0v) is 32.1. The number of hydrogen-bond donors (Lipinski definition) is 0. The molecule has 4 nitrogen and oxygen atoms in total. The second kappa shape index (κ2) is 14.5. The van der Waals surface area contributed by atoms with E-state index in [4.69, 9.17) is 15.0 Å². The molecule has 59 heavy (non-hydrogen) atoms. The van der Waals surface area contributed by atoms with Crippen molar-refractivity contribution in [3.8, 4) is 73.2 Å². The highest BCUT2D eigenvalue weighted by Gasteiger charge is 2.21. The molecule has 0 radical (unpaired) electrons. The number of para-hydroxylation sites is 2. The summed E-state index contributed by atoms with van der Waals surface area (Å²) in [6, 6.07) is 77.0. The van der Waals surface area contributed by atoms with Crippen molar-refractivity contribution in [1.82, 2.24) is 19.5 Å².